The molecule has 148 valence electrons. The van der Waals surface area contributed by atoms with Crippen LogP contribution in [0.1, 0.15) is 71.1 Å². The quantitative estimate of drug-likeness (QED) is 0.552. The van der Waals surface area contributed by atoms with E-state index in [2.05, 4.69) is 6.92 Å². The van der Waals surface area contributed by atoms with Crippen LogP contribution in [0.15, 0.2) is 0 Å². The van der Waals surface area contributed by atoms with Crippen LogP contribution in [0.2, 0.25) is 0 Å². The number of hydrogen-bond acceptors (Lipinski definition) is 6. The molecule has 2 aliphatic heterocycles. The predicted molar refractivity (Wildman–Crippen MR) is 94.1 cm³/mol. The summed E-state index contributed by atoms with van der Waals surface area (Å²) in [6, 6.07) is 0. The molecule has 2 N–H and O–H groups in total. The third-order valence-corrected chi connectivity index (χ3v) is 5.17. The van der Waals surface area contributed by atoms with Gasteiger partial charge in [-0.25, -0.2) is 0 Å². The summed E-state index contributed by atoms with van der Waals surface area (Å²) in [6.07, 6.45) is 8.08. The zero-order chi connectivity index (χ0) is 18.1. The summed E-state index contributed by atoms with van der Waals surface area (Å²) in [7, 11) is 1.44. The Morgan fingerprint density at radius 3 is 2.16 bits per heavy atom. The van der Waals surface area contributed by atoms with Gasteiger partial charge in [-0.05, 0) is 12.8 Å². The van der Waals surface area contributed by atoms with Gasteiger partial charge in [-0.3, -0.25) is 0 Å². The van der Waals surface area contributed by atoms with Crippen molar-refractivity contribution in [2.24, 2.45) is 0 Å². The number of aliphatic hydroxyl groups excluding tert-OH is 2. The maximum absolute atomic E-state index is 10.2. The van der Waals surface area contributed by atoms with E-state index in [4.69, 9.17) is 18.9 Å². The van der Waals surface area contributed by atoms with Crippen molar-refractivity contribution in [2.75, 3.05) is 13.7 Å². The third-order valence-electron chi connectivity index (χ3n) is 5.17. The van der Waals surface area contributed by atoms with Gasteiger partial charge in [0.15, 0.2) is 12.6 Å². The number of ether oxygens (including phenoxy) is 4. The van der Waals surface area contributed by atoms with E-state index in [1.54, 1.807) is 0 Å². The number of methoxy groups -OCH3 is 1. The van der Waals surface area contributed by atoms with Crippen LogP contribution in [0.4, 0.5) is 0 Å². The first kappa shape index (κ1) is 21.1. The molecule has 2 fully saturated rings. The van der Waals surface area contributed by atoms with Crippen molar-refractivity contribution in [3.05, 3.63) is 0 Å². The fourth-order valence-electron chi connectivity index (χ4n) is 3.59. The van der Waals surface area contributed by atoms with Crippen LogP contribution in [0, 0.1) is 0 Å². The van der Waals surface area contributed by atoms with E-state index in [1.807, 2.05) is 0 Å². The normalized spacial score (nSPS) is 35.5. The van der Waals surface area contributed by atoms with Gasteiger partial charge in [0.2, 0.25) is 0 Å². The van der Waals surface area contributed by atoms with E-state index in [0.717, 1.165) is 12.8 Å². The molecule has 0 aromatic rings. The highest BCUT2D eigenvalue weighted by Crippen LogP contribution is 2.30. The average Bonchev–Trinajstić information content (AvgIpc) is 2.63. The van der Waals surface area contributed by atoms with E-state index in [9.17, 15) is 10.2 Å². The van der Waals surface area contributed by atoms with Gasteiger partial charge < -0.3 is 29.2 Å². The van der Waals surface area contributed by atoms with Crippen LogP contribution in [0.3, 0.4) is 0 Å². The molecular formula is C19H36O6. The van der Waals surface area contributed by atoms with Crippen LogP contribution in [0.5, 0.6) is 0 Å². The summed E-state index contributed by atoms with van der Waals surface area (Å²) in [5.41, 5.74) is 0. The molecule has 6 heteroatoms. The van der Waals surface area contributed by atoms with Gasteiger partial charge in [-0.2, -0.15) is 0 Å². The smallest absolute Gasteiger partial charge is 0.186 e. The summed E-state index contributed by atoms with van der Waals surface area (Å²) in [5.74, 6) is 0. The highest BCUT2D eigenvalue weighted by Gasteiger charge is 2.48. The van der Waals surface area contributed by atoms with E-state index in [-0.39, 0.29) is 6.29 Å². The van der Waals surface area contributed by atoms with Crippen molar-refractivity contribution in [2.45, 2.75) is 108 Å². The van der Waals surface area contributed by atoms with Crippen molar-refractivity contribution < 1.29 is 29.2 Å². The molecule has 0 aromatic heterocycles. The van der Waals surface area contributed by atoms with Crippen LogP contribution < -0.4 is 0 Å². The van der Waals surface area contributed by atoms with Crippen LogP contribution in [-0.4, -0.2) is 60.9 Å². The van der Waals surface area contributed by atoms with Crippen molar-refractivity contribution >= 4 is 0 Å². The Labute approximate surface area is 151 Å². The Kier molecular flexibility index (Phi) is 9.66. The Hall–Kier alpha value is -0.240. The Bertz CT molecular complexity index is 351. The molecule has 4 unspecified atom stereocenters. The Morgan fingerprint density at radius 1 is 0.880 bits per heavy atom. The molecule has 0 radical (unpaired) electrons. The fraction of sp³-hybridized carbons (Fsp3) is 1.00. The zero-order valence-electron chi connectivity index (χ0n) is 15.8. The molecule has 25 heavy (non-hydrogen) atoms. The van der Waals surface area contributed by atoms with E-state index in [0.29, 0.717) is 6.61 Å². The Balaban J connectivity index is 1.58. The minimum absolute atomic E-state index is 0.324. The van der Waals surface area contributed by atoms with Gasteiger partial charge in [-0.15, -0.1) is 0 Å². The monoisotopic (exact) mass is 360 g/mol. The van der Waals surface area contributed by atoms with Crippen LogP contribution in [-0.2, 0) is 18.9 Å². The van der Waals surface area contributed by atoms with Gasteiger partial charge in [0, 0.05) is 7.11 Å². The third kappa shape index (κ3) is 6.45. The second-order valence-electron chi connectivity index (χ2n) is 7.24. The molecule has 6 nitrogen and oxygen atoms in total. The van der Waals surface area contributed by atoms with E-state index >= 15 is 0 Å². The fourth-order valence-corrected chi connectivity index (χ4v) is 3.59. The summed E-state index contributed by atoms with van der Waals surface area (Å²) >= 11 is 0. The molecule has 2 saturated heterocycles. The SMILES string of the molecule is CCCCCCCCCCCC1OCC2O[C@H](OC)C(O)C(O)[C@@H]2O1. The van der Waals surface area contributed by atoms with Gasteiger partial charge in [0.25, 0.3) is 0 Å². The molecule has 0 aromatic carbocycles. The molecule has 6 atom stereocenters. The second-order valence-corrected chi connectivity index (χ2v) is 7.24. The lowest BCUT2D eigenvalue weighted by Crippen LogP contribution is -2.63. The van der Waals surface area contributed by atoms with Crippen molar-refractivity contribution in [1.82, 2.24) is 0 Å². The summed E-state index contributed by atoms with van der Waals surface area (Å²) in [6.45, 7) is 2.60. The first-order valence-corrected chi connectivity index (χ1v) is 9.98. The molecule has 0 spiro atoms. The topological polar surface area (TPSA) is 77.4 Å². The predicted octanol–water partition coefficient (Wildman–Crippen LogP) is 2.74. The molecule has 0 bridgehead atoms. The number of aliphatic hydroxyl groups is 2. The van der Waals surface area contributed by atoms with Crippen molar-refractivity contribution in [3.63, 3.8) is 0 Å². The zero-order valence-corrected chi connectivity index (χ0v) is 15.8. The highest BCUT2D eigenvalue weighted by molar-refractivity contribution is 4.92. The first-order chi connectivity index (χ1) is 12.2. The van der Waals surface area contributed by atoms with Gasteiger partial charge in [0.1, 0.15) is 24.4 Å². The lowest BCUT2D eigenvalue weighted by Gasteiger charge is -2.45. The van der Waals surface area contributed by atoms with Crippen molar-refractivity contribution in [1.29, 1.82) is 0 Å². The Morgan fingerprint density at radius 2 is 1.52 bits per heavy atom. The van der Waals surface area contributed by atoms with E-state index in [1.165, 1.54) is 58.5 Å². The molecule has 2 aliphatic rings. The van der Waals surface area contributed by atoms with Gasteiger partial charge in [-0.1, -0.05) is 58.3 Å². The lowest BCUT2D eigenvalue weighted by molar-refractivity contribution is -0.356. The number of fused-ring (bicyclic) bond motifs is 1. The van der Waals surface area contributed by atoms with Gasteiger partial charge in [0.05, 0.1) is 6.61 Å². The molecular weight excluding hydrogens is 324 g/mol. The van der Waals surface area contributed by atoms with E-state index < -0.39 is 30.7 Å². The minimum Gasteiger partial charge on any atom is -0.387 e. The molecule has 2 heterocycles. The molecule has 2 rings (SSSR count). The molecule has 0 saturated carbocycles. The summed E-state index contributed by atoms with van der Waals surface area (Å²) < 4.78 is 22.2. The minimum atomic E-state index is -1.10. The van der Waals surface area contributed by atoms with Crippen LogP contribution in [0.25, 0.3) is 0 Å². The number of rotatable bonds is 11. The first-order valence-electron chi connectivity index (χ1n) is 9.98. The number of unbranched alkanes of at least 4 members (excludes halogenated alkanes) is 8. The standard InChI is InChI=1S/C19H36O6/c1-3-4-5-6-7-8-9-10-11-12-15-23-13-14-18(25-15)16(20)17(21)19(22-2)24-14/h14-21H,3-13H2,1-2H3/t14?,15?,16?,17?,18-,19+/m1/s1. The molecule has 0 aliphatic carbocycles. The van der Waals surface area contributed by atoms with Crippen LogP contribution >= 0.6 is 0 Å². The lowest BCUT2D eigenvalue weighted by atomic mass is 9.98. The maximum atomic E-state index is 10.2. The maximum Gasteiger partial charge on any atom is 0.186 e. The second kappa shape index (κ2) is 11.5. The van der Waals surface area contributed by atoms with Gasteiger partial charge >= 0.3 is 0 Å². The largest absolute Gasteiger partial charge is 0.387 e. The summed E-state index contributed by atoms with van der Waals surface area (Å²) in [4.78, 5) is 0. The van der Waals surface area contributed by atoms with Crippen molar-refractivity contribution in [3.8, 4) is 0 Å². The summed E-state index contributed by atoms with van der Waals surface area (Å²) in [5, 5.41) is 20.2. The number of hydrogen-bond donors (Lipinski definition) is 2. The highest BCUT2D eigenvalue weighted by atomic mass is 16.7. The molecule has 0 amide bonds. The average molecular weight is 360 g/mol.